The second-order valence-electron chi connectivity index (χ2n) is 5.23. The first-order chi connectivity index (χ1) is 10.5. The molecule has 4 N–H and O–H groups in total. The Bertz CT molecular complexity index is 852. The Hall–Kier alpha value is -2.42. The molecule has 0 saturated carbocycles. The monoisotopic (exact) mass is 301 g/mol. The minimum atomic E-state index is -1.21. The van der Waals surface area contributed by atoms with Crippen LogP contribution in [0.25, 0.3) is 11.2 Å². The van der Waals surface area contributed by atoms with Gasteiger partial charge in [-0.3, -0.25) is 14.3 Å². The summed E-state index contributed by atoms with van der Waals surface area (Å²) in [6.45, 7) is 0. The molecular formula is C11H10BN6O4. The number of nitrogen functional groups attached to an aromatic ring is 1. The highest BCUT2D eigenvalue weighted by molar-refractivity contribution is 6.44. The average Bonchev–Trinajstić information content (AvgIpc) is 3.00. The fourth-order valence-electron chi connectivity index (χ4n) is 2.68. The van der Waals surface area contributed by atoms with Crippen molar-refractivity contribution in [1.29, 1.82) is 5.26 Å². The van der Waals surface area contributed by atoms with E-state index in [1.165, 1.54) is 18.4 Å². The Balaban J connectivity index is 1.72. The summed E-state index contributed by atoms with van der Waals surface area (Å²) in [5, 5.41) is 19.2. The molecule has 0 amide bonds. The van der Waals surface area contributed by atoms with Gasteiger partial charge in [0.15, 0.2) is 16.7 Å². The number of ether oxygens (including phenoxy) is 1. The van der Waals surface area contributed by atoms with Crippen molar-refractivity contribution < 1.29 is 14.5 Å². The van der Waals surface area contributed by atoms with Gasteiger partial charge in [0.25, 0.3) is 5.56 Å². The van der Waals surface area contributed by atoms with E-state index in [0.717, 1.165) is 0 Å². The summed E-state index contributed by atoms with van der Waals surface area (Å²) in [6.07, 6.45) is -0.714. The van der Waals surface area contributed by atoms with Gasteiger partial charge >= 0.3 is 7.48 Å². The minimum absolute atomic E-state index is 0.0401. The second-order valence-corrected chi connectivity index (χ2v) is 5.23. The van der Waals surface area contributed by atoms with Crippen LogP contribution in [0, 0.1) is 11.3 Å². The Kier molecular flexibility index (Phi) is 2.59. The summed E-state index contributed by atoms with van der Waals surface area (Å²) in [5.74, 6) is -0.0401. The molecule has 4 rings (SSSR count). The number of hydrogen-bond acceptors (Lipinski definition) is 8. The Labute approximate surface area is 123 Å². The van der Waals surface area contributed by atoms with Gasteiger partial charge < -0.3 is 20.2 Å². The van der Waals surface area contributed by atoms with Crippen LogP contribution in [-0.2, 0) is 9.39 Å². The van der Waals surface area contributed by atoms with Gasteiger partial charge in [0, 0.05) is 6.42 Å². The van der Waals surface area contributed by atoms with E-state index in [2.05, 4.69) is 15.0 Å². The molecule has 2 aromatic rings. The Morgan fingerprint density at radius 3 is 3.14 bits per heavy atom. The number of anilines is 1. The average molecular weight is 301 g/mol. The number of aromatic nitrogens is 4. The summed E-state index contributed by atoms with van der Waals surface area (Å²) in [4.78, 5) is 22.2. The molecular weight excluding hydrogens is 291 g/mol. The van der Waals surface area contributed by atoms with Gasteiger partial charge in [0.05, 0.1) is 18.5 Å². The maximum atomic E-state index is 11.8. The van der Waals surface area contributed by atoms with E-state index in [1.54, 1.807) is 0 Å². The summed E-state index contributed by atoms with van der Waals surface area (Å²) in [5.41, 5.74) is 4.25. The lowest BCUT2D eigenvalue weighted by Crippen LogP contribution is -2.37. The van der Waals surface area contributed by atoms with Gasteiger partial charge in [-0.05, 0) is 0 Å². The molecule has 4 heterocycles. The van der Waals surface area contributed by atoms with Crippen molar-refractivity contribution in [3.8, 4) is 6.07 Å². The number of rotatable bonds is 2. The first-order valence-electron chi connectivity index (χ1n) is 6.53. The molecule has 2 fully saturated rings. The minimum Gasteiger partial charge on any atom is -0.421 e. The topological polar surface area (TPSA) is 155 Å². The van der Waals surface area contributed by atoms with Crippen molar-refractivity contribution in [3.05, 3.63) is 16.7 Å². The van der Waals surface area contributed by atoms with E-state index >= 15 is 0 Å². The first kappa shape index (κ1) is 13.3. The predicted octanol–water partition coefficient (Wildman–Crippen LogP) is -1.78. The zero-order valence-corrected chi connectivity index (χ0v) is 11.1. The van der Waals surface area contributed by atoms with Crippen molar-refractivity contribution in [1.82, 2.24) is 19.5 Å². The van der Waals surface area contributed by atoms with E-state index in [0.29, 0.717) is 0 Å². The maximum Gasteiger partial charge on any atom is 0.350 e. The van der Waals surface area contributed by atoms with E-state index in [-0.39, 0.29) is 23.5 Å². The zero-order chi connectivity index (χ0) is 15.5. The highest BCUT2D eigenvalue weighted by Crippen LogP contribution is 2.41. The Morgan fingerprint density at radius 1 is 1.68 bits per heavy atom. The molecule has 4 atom stereocenters. The van der Waals surface area contributed by atoms with Gasteiger partial charge in [-0.2, -0.15) is 10.2 Å². The number of aromatic amines is 1. The number of nitrogens with one attached hydrogen (secondary N) is 1. The van der Waals surface area contributed by atoms with Crippen LogP contribution in [0.1, 0.15) is 12.6 Å². The largest absolute Gasteiger partial charge is 0.421 e. The molecule has 0 aromatic carbocycles. The van der Waals surface area contributed by atoms with Crippen LogP contribution >= 0.6 is 0 Å². The van der Waals surface area contributed by atoms with Crippen molar-refractivity contribution in [2.24, 2.45) is 0 Å². The Morgan fingerprint density at radius 2 is 2.45 bits per heavy atom. The molecule has 11 heteroatoms. The normalized spacial score (nSPS) is 33.5. The molecule has 0 spiro atoms. The number of nitrogens with two attached hydrogens (primary N) is 1. The third-order valence-corrected chi connectivity index (χ3v) is 3.83. The van der Waals surface area contributed by atoms with Gasteiger partial charge in [-0.25, -0.2) is 4.98 Å². The fraction of sp³-hybridized carbons (Fsp3) is 0.455. The van der Waals surface area contributed by atoms with Crippen molar-refractivity contribution in [2.75, 3.05) is 5.73 Å². The van der Waals surface area contributed by atoms with Crippen LogP contribution in [0.5, 0.6) is 0 Å². The maximum absolute atomic E-state index is 11.8. The van der Waals surface area contributed by atoms with Gasteiger partial charge in [0.1, 0.15) is 12.3 Å². The molecule has 1 radical (unpaired) electrons. The lowest BCUT2D eigenvalue weighted by Gasteiger charge is -2.18. The van der Waals surface area contributed by atoms with Gasteiger partial charge in [0.2, 0.25) is 5.95 Å². The fourth-order valence-corrected chi connectivity index (χ4v) is 2.68. The summed E-state index contributed by atoms with van der Waals surface area (Å²) in [6, 6.07) is 1.97. The number of nitrogens with zero attached hydrogens (tertiary/aromatic N) is 4. The molecule has 2 aromatic heterocycles. The van der Waals surface area contributed by atoms with Gasteiger partial charge in [-0.1, -0.05) is 0 Å². The predicted molar refractivity (Wildman–Crippen MR) is 72.3 cm³/mol. The van der Waals surface area contributed by atoms with Crippen molar-refractivity contribution in [3.63, 3.8) is 0 Å². The van der Waals surface area contributed by atoms with Crippen LogP contribution in [0.15, 0.2) is 11.1 Å². The second kappa shape index (κ2) is 4.29. The SMILES string of the molecule is N#CC1([C@H]2O[C@@H](n3cnc4c(=O)[nH]c(N)nc43)C[C@@H]2O)[B]O1. The highest BCUT2D eigenvalue weighted by Gasteiger charge is 2.61. The summed E-state index contributed by atoms with van der Waals surface area (Å²) < 4.78 is 12.2. The molecule has 10 nitrogen and oxygen atoms in total. The molecule has 1 unspecified atom stereocenters. The summed E-state index contributed by atoms with van der Waals surface area (Å²) >= 11 is 0. The number of H-pyrrole nitrogens is 1. The lowest BCUT2D eigenvalue weighted by atomic mass is 9.82. The summed E-state index contributed by atoms with van der Waals surface area (Å²) in [7, 11) is 1.33. The molecule has 2 saturated heterocycles. The standard InChI is InChI=1S/C11H10BN6O4/c13-2-11(12-22-11)7-4(19)1-5(21-7)18-3-15-6-8(18)16-10(14)17-9(6)20/h3-5,7,19H,1H2,(H3,14,16,17,20)/t4-,5+,7-,11?/m0/s1. The molecule has 2 aliphatic rings. The van der Waals surface area contributed by atoms with E-state index in [1.807, 2.05) is 6.07 Å². The smallest absolute Gasteiger partial charge is 0.350 e. The number of aliphatic hydroxyl groups excluding tert-OH is 1. The number of imidazole rings is 1. The molecule has 111 valence electrons. The van der Waals surface area contributed by atoms with Crippen LogP contribution in [0.3, 0.4) is 0 Å². The first-order valence-corrected chi connectivity index (χ1v) is 6.53. The van der Waals surface area contributed by atoms with E-state index < -0.39 is 29.5 Å². The van der Waals surface area contributed by atoms with Crippen LogP contribution in [0.4, 0.5) is 5.95 Å². The van der Waals surface area contributed by atoms with Crippen LogP contribution < -0.4 is 11.3 Å². The highest BCUT2D eigenvalue weighted by atomic mass is 16.6. The number of fused-ring (bicyclic) bond motifs is 1. The molecule has 0 bridgehead atoms. The number of hydrogen-bond donors (Lipinski definition) is 3. The van der Waals surface area contributed by atoms with E-state index in [9.17, 15) is 9.90 Å². The third-order valence-electron chi connectivity index (χ3n) is 3.83. The number of aliphatic hydroxyl groups is 1. The molecule has 22 heavy (non-hydrogen) atoms. The van der Waals surface area contributed by atoms with Crippen molar-refractivity contribution in [2.45, 2.75) is 30.4 Å². The molecule has 0 aliphatic carbocycles. The lowest BCUT2D eigenvalue weighted by molar-refractivity contribution is -0.0447. The third kappa shape index (κ3) is 1.75. The quantitative estimate of drug-likeness (QED) is 0.434. The molecule has 2 aliphatic heterocycles. The van der Waals surface area contributed by atoms with Crippen LogP contribution in [-0.4, -0.2) is 49.8 Å². The zero-order valence-electron chi connectivity index (χ0n) is 11.1. The van der Waals surface area contributed by atoms with Crippen molar-refractivity contribution >= 4 is 24.6 Å². The van der Waals surface area contributed by atoms with Gasteiger partial charge in [-0.15, -0.1) is 0 Å². The van der Waals surface area contributed by atoms with Crippen LogP contribution in [0.2, 0.25) is 0 Å². The van der Waals surface area contributed by atoms with E-state index in [4.69, 9.17) is 20.4 Å². The number of nitriles is 1.